The first kappa shape index (κ1) is 14.3. The number of rotatable bonds is 4. The van der Waals surface area contributed by atoms with Crippen molar-refractivity contribution in [3.63, 3.8) is 0 Å². The van der Waals surface area contributed by atoms with Gasteiger partial charge in [-0.3, -0.25) is 0 Å². The van der Waals surface area contributed by atoms with Gasteiger partial charge in [0.15, 0.2) is 0 Å². The van der Waals surface area contributed by atoms with Crippen LogP contribution in [0.15, 0.2) is 12.2 Å². The fraction of sp³-hybridized carbons (Fsp3) is 0.833. The maximum absolute atomic E-state index is 2.33. The van der Waals surface area contributed by atoms with E-state index in [1.54, 1.807) is 0 Å². The predicted octanol–water partition coefficient (Wildman–Crippen LogP) is 4.81. The molecule has 0 N–H and O–H groups in total. The number of hydrogen-bond donors (Lipinski definition) is 0. The minimum atomic E-state index is 0.412. The third-order valence-electron chi connectivity index (χ3n) is 1.94. The molecule has 0 amide bonds. The van der Waals surface area contributed by atoms with E-state index < -0.39 is 0 Å². The first-order valence-electron chi connectivity index (χ1n) is 5.30. The van der Waals surface area contributed by atoms with Gasteiger partial charge in [-0.05, 0) is 18.3 Å². The fourth-order valence-corrected chi connectivity index (χ4v) is 0.687. The van der Waals surface area contributed by atoms with Gasteiger partial charge < -0.3 is 0 Å². The van der Waals surface area contributed by atoms with Crippen molar-refractivity contribution in [3.05, 3.63) is 12.2 Å². The monoisotopic (exact) mass is 170 g/mol. The summed E-state index contributed by atoms with van der Waals surface area (Å²) in [7, 11) is 0. The molecule has 0 fully saturated rings. The van der Waals surface area contributed by atoms with E-state index in [0.717, 1.165) is 0 Å². The Kier molecular flexibility index (Phi) is 10.5. The van der Waals surface area contributed by atoms with Gasteiger partial charge in [-0.1, -0.05) is 60.1 Å². The molecule has 0 heterocycles. The molecule has 0 saturated carbocycles. The van der Waals surface area contributed by atoms with E-state index in [1.165, 1.54) is 19.3 Å². The molecule has 0 saturated heterocycles. The van der Waals surface area contributed by atoms with Crippen LogP contribution in [0.1, 0.15) is 60.8 Å². The Morgan fingerprint density at radius 1 is 1.08 bits per heavy atom. The Balaban J connectivity index is 0. The highest BCUT2D eigenvalue weighted by Gasteiger charge is 2.08. The van der Waals surface area contributed by atoms with Crippen LogP contribution < -0.4 is 0 Å². The van der Waals surface area contributed by atoms with Gasteiger partial charge in [0.05, 0.1) is 0 Å². The van der Waals surface area contributed by atoms with E-state index in [0.29, 0.717) is 5.41 Å². The fourth-order valence-electron chi connectivity index (χ4n) is 0.687. The summed E-state index contributed by atoms with van der Waals surface area (Å²) < 4.78 is 0. The summed E-state index contributed by atoms with van der Waals surface area (Å²) in [6, 6.07) is 0. The second-order valence-corrected chi connectivity index (χ2v) is 3.53. The maximum Gasteiger partial charge on any atom is -0.0177 e. The topological polar surface area (TPSA) is 0 Å². The summed E-state index contributed by atoms with van der Waals surface area (Å²) in [6.45, 7) is 13.0. The predicted molar refractivity (Wildman–Crippen MR) is 59.5 cm³/mol. The smallest absolute Gasteiger partial charge is 0.0177 e. The maximum atomic E-state index is 2.33. The minimum Gasteiger partial charge on any atom is -0.0880 e. The highest BCUT2D eigenvalue weighted by molar-refractivity contribution is 4.93. The molecule has 0 aromatic heterocycles. The average Bonchev–Trinajstić information content (AvgIpc) is 2.09. The van der Waals surface area contributed by atoms with E-state index in [9.17, 15) is 0 Å². The van der Waals surface area contributed by atoms with Gasteiger partial charge in [0.2, 0.25) is 0 Å². The molecule has 0 radical (unpaired) electrons. The molecule has 0 atom stereocenters. The molecule has 0 aromatic carbocycles. The molecule has 0 nitrogen and oxygen atoms in total. The van der Waals surface area contributed by atoms with Crippen molar-refractivity contribution in [2.75, 3.05) is 0 Å². The van der Waals surface area contributed by atoms with Crippen LogP contribution in [-0.4, -0.2) is 0 Å². The lowest BCUT2D eigenvalue weighted by Gasteiger charge is -2.16. The molecule has 74 valence electrons. The lowest BCUT2D eigenvalue weighted by molar-refractivity contribution is 0.460. The molecule has 0 rings (SSSR count). The third-order valence-corrected chi connectivity index (χ3v) is 1.94. The summed E-state index contributed by atoms with van der Waals surface area (Å²) in [4.78, 5) is 0. The summed E-state index contributed by atoms with van der Waals surface area (Å²) in [5, 5.41) is 0. The molecule has 0 heteroatoms. The zero-order chi connectivity index (χ0) is 10.0. The van der Waals surface area contributed by atoms with E-state index in [1.807, 2.05) is 13.8 Å². The van der Waals surface area contributed by atoms with Crippen LogP contribution in [0, 0.1) is 5.41 Å². The van der Waals surface area contributed by atoms with E-state index in [4.69, 9.17) is 0 Å². The number of allylic oxidation sites excluding steroid dienone is 2. The summed E-state index contributed by atoms with van der Waals surface area (Å²) in [6.07, 6.45) is 8.34. The molecule has 0 spiro atoms. The Hall–Kier alpha value is -0.260. The van der Waals surface area contributed by atoms with Gasteiger partial charge in [-0.2, -0.15) is 0 Å². The Morgan fingerprint density at radius 2 is 1.58 bits per heavy atom. The largest absolute Gasteiger partial charge is 0.0880 e. The summed E-state index contributed by atoms with van der Waals surface area (Å²) in [5.74, 6) is 0. The van der Waals surface area contributed by atoms with E-state index >= 15 is 0 Å². The molecular formula is C12H26. The number of unbranched alkanes of at least 4 members (excludes halogenated alkanes) is 1. The first-order valence-corrected chi connectivity index (χ1v) is 5.30. The van der Waals surface area contributed by atoms with Crippen molar-refractivity contribution in [3.8, 4) is 0 Å². The van der Waals surface area contributed by atoms with Crippen LogP contribution in [0.2, 0.25) is 0 Å². The van der Waals surface area contributed by atoms with Crippen LogP contribution in [0.3, 0.4) is 0 Å². The van der Waals surface area contributed by atoms with Crippen molar-refractivity contribution in [2.24, 2.45) is 5.41 Å². The summed E-state index contributed by atoms with van der Waals surface area (Å²) in [5.41, 5.74) is 0.412. The van der Waals surface area contributed by atoms with Crippen LogP contribution in [-0.2, 0) is 0 Å². The van der Waals surface area contributed by atoms with Gasteiger partial charge in [0.25, 0.3) is 0 Å². The zero-order valence-electron chi connectivity index (χ0n) is 9.78. The molecule has 0 bridgehead atoms. The number of hydrogen-bond acceptors (Lipinski definition) is 0. The molecule has 0 aliphatic rings. The van der Waals surface area contributed by atoms with Gasteiger partial charge in [-0.15, -0.1) is 0 Å². The van der Waals surface area contributed by atoms with Crippen molar-refractivity contribution < 1.29 is 0 Å². The second kappa shape index (κ2) is 8.83. The second-order valence-electron chi connectivity index (χ2n) is 3.53. The third kappa shape index (κ3) is 9.74. The van der Waals surface area contributed by atoms with Crippen molar-refractivity contribution in [1.29, 1.82) is 0 Å². The van der Waals surface area contributed by atoms with E-state index in [2.05, 4.69) is 39.8 Å². The zero-order valence-corrected chi connectivity index (χ0v) is 9.78. The molecule has 0 aliphatic carbocycles. The van der Waals surface area contributed by atoms with Crippen LogP contribution in [0.5, 0.6) is 0 Å². The molecular weight excluding hydrogens is 144 g/mol. The standard InChI is InChI=1S/C10H20.C2H6/c1-5-7-8-9-10(3,4)6-2;1-2/h8-9H,5-7H2,1-4H3;1-2H3/b9-8-;. The van der Waals surface area contributed by atoms with Crippen LogP contribution in [0.4, 0.5) is 0 Å². The van der Waals surface area contributed by atoms with Crippen LogP contribution in [0.25, 0.3) is 0 Å². The Labute approximate surface area is 79.1 Å². The highest BCUT2D eigenvalue weighted by Crippen LogP contribution is 2.21. The molecule has 0 aliphatic heterocycles. The van der Waals surface area contributed by atoms with Gasteiger partial charge in [0, 0.05) is 0 Å². The lowest BCUT2D eigenvalue weighted by atomic mass is 9.90. The van der Waals surface area contributed by atoms with Gasteiger partial charge >= 0.3 is 0 Å². The minimum absolute atomic E-state index is 0.412. The normalized spacial score (nSPS) is 11.2. The quantitative estimate of drug-likeness (QED) is 0.531. The van der Waals surface area contributed by atoms with Gasteiger partial charge in [-0.25, -0.2) is 0 Å². The van der Waals surface area contributed by atoms with E-state index in [-0.39, 0.29) is 0 Å². The molecule has 0 aromatic rings. The van der Waals surface area contributed by atoms with Crippen molar-refractivity contribution >= 4 is 0 Å². The van der Waals surface area contributed by atoms with Crippen molar-refractivity contribution in [1.82, 2.24) is 0 Å². The van der Waals surface area contributed by atoms with Gasteiger partial charge in [0.1, 0.15) is 0 Å². The molecule has 0 unspecified atom stereocenters. The lowest BCUT2D eigenvalue weighted by Crippen LogP contribution is -2.03. The van der Waals surface area contributed by atoms with Crippen LogP contribution >= 0.6 is 0 Å². The average molecular weight is 170 g/mol. The molecule has 12 heavy (non-hydrogen) atoms. The van der Waals surface area contributed by atoms with Crippen molar-refractivity contribution in [2.45, 2.75) is 60.8 Å². The SMILES string of the molecule is CC.CCC/C=C\C(C)(C)CC. The first-order chi connectivity index (χ1) is 5.62. The Bertz CT molecular complexity index is 98.6. The highest BCUT2D eigenvalue weighted by atomic mass is 14.1. The Morgan fingerprint density at radius 3 is 1.92 bits per heavy atom. The summed E-state index contributed by atoms with van der Waals surface area (Å²) >= 11 is 0.